The Kier molecular flexibility index (Phi) is 8.40. The number of benzene rings is 1. The summed E-state index contributed by atoms with van der Waals surface area (Å²) in [5, 5.41) is 6.75. The van der Waals surface area contributed by atoms with Gasteiger partial charge in [-0.05, 0) is 24.3 Å². The molecule has 0 spiro atoms. The number of pyridine rings is 1. The van der Waals surface area contributed by atoms with E-state index in [1.165, 1.54) is 24.9 Å². The number of nitrogens with zero attached hydrogens (tertiary/aromatic N) is 3. The Morgan fingerprint density at radius 2 is 1.77 bits per heavy atom. The minimum atomic E-state index is -0.961. The van der Waals surface area contributed by atoms with Gasteiger partial charge in [-0.3, -0.25) is 4.79 Å². The van der Waals surface area contributed by atoms with Gasteiger partial charge < -0.3 is 24.1 Å². The van der Waals surface area contributed by atoms with Gasteiger partial charge in [-0.1, -0.05) is 57.1 Å². The molecule has 3 rings (SSSR count). The van der Waals surface area contributed by atoms with E-state index in [1.54, 1.807) is 6.92 Å². The van der Waals surface area contributed by atoms with E-state index in [4.69, 9.17) is 18.7 Å². The SMILES string of the molecule is COc1ccnc(C(=O)N[C@@H](C)c2nc(-c3ccc(C(C)C)cc3)no2)c1OC(=O)OCC(C)C. The molecule has 1 atom stereocenters. The van der Waals surface area contributed by atoms with E-state index in [1.807, 2.05) is 38.1 Å². The Hall–Kier alpha value is -3.95. The summed E-state index contributed by atoms with van der Waals surface area (Å²) in [7, 11) is 1.39. The van der Waals surface area contributed by atoms with Gasteiger partial charge in [-0.25, -0.2) is 9.78 Å². The van der Waals surface area contributed by atoms with Crippen LogP contribution in [-0.2, 0) is 4.74 Å². The minimum Gasteiger partial charge on any atom is -0.493 e. The van der Waals surface area contributed by atoms with Crippen molar-refractivity contribution in [3.8, 4) is 22.9 Å². The first-order valence-electron chi connectivity index (χ1n) is 11.3. The Bertz CT molecular complexity index is 1160. The van der Waals surface area contributed by atoms with Gasteiger partial charge in [-0.2, -0.15) is 4.98 Å². The van der Waals surface area contributed by atoms with Gasteiger partial charge in [0.05, 0.1) is 13.7 Å². The highest BCUT2D eigenvalue weighted by atomic mass is 16.7. The lowest BCUT2D eigenvalue weighted by Crippen LogP contribution is -2.28. The number of nitrogens with one attached hydrogen (secondary N) is 1. The van der Waals surface area contributed by atoms with Crippen LogP contribution in [0.5, 0.6) is 11.5 Å². The summed E-state index contributed by atoms with van der Waals surface area (Å²) in [6, 6.07) is 8.71. The third kappa shape index (κ3) is 6.56. The predicted molar refractivity (Wildman–Crippen MR) is 127 cm³/mol. The number of aromatic nitrogens is 3. The zero-order chi connectivity index (χ0) is 25.5. The lowest BCUT2D eigenvalue weighted by molar-refractivity contribution is 0.0850. The molecule has 0 fully saturated rings. The highest BCUT2D eigenvalue weighted by Gasteiger charge is 2.25. The number of ether oxygens (including phenoxy) is 3. The average Bonchev–Trinajstić information content (AvgIpc) is 3.33. The van der Waals surface area contributed by atoms with Gasteiger partial charge in [0, 0.05) is 17.8 Å². The summed E-state index contributed by atoms with van der Waals surface area (Å²) in [4.78, 5) is 33.6. The van der Waals surface area contributed by atoms with E-state index >= 15 is 0 Å². The highest BCUT2D eigenvalue weighted by Crippen LogP contribution is 2.30. The monoisotopic (exact) mass is 482 g/mol. The Morgan fingerprint density at radius 3 is 2.40 bits per heavy atom. The fourth-order valence-corrected chi connectivity index (χ4v) is 3.07. The van der Waals surface area contributed by atoms with Gasteiger partial charge in [0.2, 0.25) is 17.5 Å². The number of amides is 1. The van der Waals surface area contributed by atoms with Crippen molar-refractivity contribution in [3.63, 3.8) is 0 Å². The lowest BCUT2D eigenvalue weighted by Gasteiger charge is -2.14. The van der Waals surface area contributed by atoms with Gasteiger partial charge in [0.25, 0.3) is 5.91 Å². The average molecular weight is 483 g/mol. The van der Waals surface area contributed by atoms with E-state index in [2.05, 4.69) is 34.3 Å². The van der Waals surface area contributed by atoms with Crippen molar-refractivity contribution in [1.82, 2.24) is 20.4 Å². The van der Waals surface area contributed by atoms with Crippen LogP contribution in [0.15, 0.2) is 41.1 Å². The first-order chi connectivity index (χ1) is 16.7. The summed E-state index contributed by atoms with van der Waals surface area (Å²) in [5.41, 5.74) is 1.85. The maximum absolute atomic E-state index is 13.0. The molecular weight excluding hydrogens is 452 g/mol. The van der Waals surface area contributed by atoms with Crippen molar-refractivity contribution < 1.29 is 28.3 Å². The molecule has 0 aliphatic carbocycles. The second-order valence-electron chi connectivity index (χ2n) is 8.68. The minimum absolute atomic E-state index is 0.120. The van der Waals surface area contributed by atoms with Crippen LogP contribution < -0.4 is 14.8 Å². The molecule has 3 aromatic rings. The number of methoxy groups -OCH3 is 1. The van der Waals surface area contributed by atoms with Gasteiger partial charge in [0.1, 0.15) is 6.04 Å². The standard InChI is InChI=1S/C25H30N4O6/c1-14(2)13-33-25(31)34-21-19(32-6)11-12-26-20(21)23(30)27-16(5)24-28-22(29-35-24)18-9-7-17(8-10-18)15(3)4/h7-12,14-16H,13H2,1-6H3,(H,27,30)/t16-/m0/s1. The van der Waals surface area contributed by atoms with Crippen LogP contribution in [-0.4, -0.2) is 40.9 Å². The second kappa shape index (κ2) is 11.5. The molecule has 2 heterocycles. The summed E-state index contributed by atoms with van der Waals surface area (Å²) in [6.07, 6.45) is 0.410. The van der Waals surface area contributed by atoms with Gasteiger partial charge >= 0.3 is 6.16 Å². The van der Waals surface area contributed by atoms with Crippen LogP contribution in [0.2, 0.25) is 0 Å². The van der Waals surface area contributed by atoms with Crippen molar-refractivity contribution in [2.24, 2.45) is 5.92 Å². The molecule has 1 N–H and O–H groups in total. The first-order valence-corrected chi connectivity index (χ1v) is 11.3. The molecule has 35 heavy (non-hydrogen) atoms. The number of hydrogen-bond acceptors (Lipinski definition) is 9. The first kappa shape index (κ1) is 25.7. The van der Waals surface area contributed by atoms with Crippen LogP contribution >= 0.6 is 0 Å². The second-order valence-corrected chi connectivity index (χ2v) is 8.68. The van der Waals surface area contributed by atoms with Crippen LogP contribution in [0.1, 0.15) is 68.5 Å². The molecule has 10 nitrogen and oxygen atoms in total. The number of hydrogen-bond donors (Lipinski definition) is 1. The third-order valence-electron chi connectivity index (χ3n) is 5.02. The number of carbonyl (C=O) groups excluding carboxylic acids is 2. The van der Waals surface area contributed by atoms with E-state index in [0.29, 0.717) is 11.7 Å². The van der Waals surface area contributed by atoms with E-state index in [9.17, 15) is 9.59 Å². The molecule has 0 radical (unpaired) electrons. The molecule has 0 saturated carbocycles. The van der Waals surface area contributed by atoms with Crippen molar-refractivity contribution in [2.45, 2.75) is 46.6 Å². The van der Waals surface area contributed by atoms with Crippen LogP contribution in [0.3, 0.4) is 0 Å². The molecule has 0 saturated heterocycles. The topological polar surface area (TPSA) is 126 Å². The largest absolute Gasteiger partial charge is 0.514 e. The molecule has 186 valence electrons. The lowest BCUT2D eigenvalue weighted by atomic mass is 10.0. The van der Waals surface area contributed by atoms with Crippen LogP contribution in [0.25, 0.3) is 11.4 Å². The Balaban J connectivity index is 1.74. The van der Waals surface area contributed by atoms with Crippen LogP contribution in [0, 0.1) is 5.92 Å². The zero-order valence-corrected chi connectivity index (χ0v) is 20.7. The Morgan fingerprint density at radius 1 is 1.06 bits per heavy atom. The maximum atomic E-state index is 13.0. The van der Waals surface area contributed by atoms with Crippen molar-refractivity contribution in [1.29, 1.82) is 0 Å². The fraction of sp³-hybridized carbons (Fsp3) is 0.400. The smallest absolute Gasteiger partial charge is 0.493 e. The molecular formula is C25H30N4O6. The quantitative estimate of drug-likeness (QED) is 0.423. The fourth-order valence-electron chi connectivity index (χ4n) is 3.07. The number of rotatable bonds is 9. The molecule has 0 bridgehead atoms. The summed E-state index contributed by atoms with van der Waals surface area (Å²) in [6.45, 7) is 9.88. The molecule has 10 heteroatoms. The molecule has 1 aromatic carbocycles. The van der Waals surface area contributed by atoms with Crippen molar-refractivity contribution >= 4 is 12.1 Å². The zero-order valence-electron chi connectivity index (χ0n) is 20.7. The Labute approximate surface area is 204 Å². The summed E-state index contributed by atoms with van der Waals surface area (Å²) >= 11 is 0. The predicted octanol–water partition coefficient (Wildman–Crippen LogP) is 4.93. The highest BCUT2D eigenvalue weighted by molar-refractivity contribution is 5.96. The third-order valence-corrected chi connectivity index (χ3v) is 5.02. The normalized spacial score (nSPS) is 11.9. The molecule has 0 unspecified atom stereocenters. The van der Waals surface area contributed by atoms with Crippen LogP contribution in [0.4, 0.5) is 4.79 Å². The number of carbonyl (C=O) groups is 2. The molecule has 0 aliphatic heterocycles. The van der Waals surface area contributed by atoms with Crippen molar-refractivity contribution in [3.05, 3.63) is 53.7 Å². The molecule has 0 aliphatic rings. The van der Waals surface area contributed by atoms with E-state index < -0.39 is 18.1 Å². The summed E-state index contributed by atoms with van der Waals surface area (Å²) < 4.78 is 20.9. The van der Waals surface area contributed by atoms with Gasteiger partial charge in [-0.15, -0.1) is 0 Å². The van der Waals surface area contributed by atoms with Crippen molar-refractivity contribution in [2.75, 3.05) is 13.7 Å². The molecule has 1 amide bonds. The summed E-state index contributed by atoms with van der Waals surface area (Å²) in [5.74, 6) is 0.541. The maximum Gasteiger partial charge on any atom is 0.514 e. The van der Waals surface area contributed by atoms with E-state index in [0.717, 1.165) is 5.56 Å². The van der Waals surface area contributed by atoms with E-state index in [-0.39, 0.29) is 35.6 Å². The van der Waals surface area contributed by atoms with Gasteiger partial charge in [0.15, 0.2) is 11.4 Å². The molecule has 2 aromatic heterocycles.